The Morgan fingerprint density at radius 3 is 2.86 bits per heavy atom. The number of aromatic nitrogens is 1. The first kappa shape index (κ1) is 10.8. The summed E-state index contributed by atoms with van der Waals surface area (Å²) in [5.41, 5.74) is 16.0. The summed E-state index contributed by atoms with van der Waals surface area (Å²) >= 11 is 2.29. The third-order valence-electron chi connectivity index (χ3n) is 1.13. The van der Waals surface area contributed by atoms with Gasteiger partial charge in [-0.1, -0.05) is 11.8 Å². The van der Waals surface area contributed by atoms with Gasteiger partial charge >= 0.3 is 0 Å². The maximum absolute atomic E-state index is 10.5. The highest BCUT2D eigenvalue weighted by molar-refractivity contribution is 8.12. The van der Waals surface area contributed by atoms with E-state index in [9.17, 15) is 4.79 Å². The van der Waals surface area contributed by atoms with Crippen molar-refractivity contribution in [3.8, 4) is 0 Å². The molecule has 1 amide bonds. The largest absolute Gasteiger partial charge is 0.370 e. The first-order valence-electron chi connectivity index (χ1n) is 3.54. The van der Waals surface area contributed by atoms with E-state index in [0.29, 0.717) is 10.9 Å². The first-order chi connectivity index (χ1) is 6.58. The Balaban J connectivity index is 2.59. The number of rotatable bonds is 3. The molecule has 76 valence electrons. The molecule has 0 fully saturated rings. The number of carbonyl (C=O) groups excluding carboxylic acids is 1. The summed E-state index contributed by atoms with van der Waals surface area (Å²) in [6, 6.07) is 0. The number of guanidine groups is 1. The molecule has 0 saturated heterocycles. The molecular weight excluding hydrogens is 222 g/mol. The molecule has 0 bridgehead atoms. The zero-order valence-corrected chi connectivity index (χ0v) is 8.77. The number of thioether (sulfide) groups is 1. The smallest absolute Gasteiger partial charge is 0.276 e. The lowest BCUT2D eigenvalue weighted by Crippen LogP contribution is -2.21. The molecule has 0 unspecified atom stereocenters. The van der Waals surface area contributed by atoms with Gasteiger partial charge in [0.25, 0.3) is 5.24 Å². The van der Waals surface area contributed by atoms with Crippen LogP contribution in [0.3, 0.4) is 0 Å². The third kappa shape index (κ3) is 3.62. The van der Waals surface area contributed by atoms with Gasteiger partial charge in [-0.2, -0.15) is 4.99 Å². The predicted octanol–water partition coefficient (Wildman–Crippen LogP) is 0.360. The van der Waals surface area contributed by atoms with E-state index in [1.54, 1.807) is 5.38 Å². The summed E-state index contributed by atoms with van der Waals surface area (Å²) in [7, 11) is 0. The van der Waals surface area contributed by atoms with Gasteiger partial charge in [0.05, 0.1) is 5.69 Å². The van der Waals surface area contributed by atoms with Crippen molar-refractivity contribution in [1.82, 2.24) is 4.98 Å². The predicted molar refractivity (Wildman–Crippen MR) is 58.5 cm³/mol. The molecule has 0 radical (unpaired) electrons. The van der Waals surface area contributed by atoms with Crippen LogP contribution in [-0.4, -0.2) is 16.2 Å². The van der Waals surface area contributed by atoms with Crippen LogP contribution in [0.5, 0.6) is 0 Å². The quantitative estimate of drug-likeness (QED) is 0.512. The fourth-order valence-electron chi connectivity index (χ4n) is 0.669. The lowest BCUT2D eigenvalue weighted by molar-refractivity contribution is 0.267. The second-order valence-corrected chi connectivity index (χ2v) is 4.08. The first-order valence-corrected chi connectivity index (χ1v) is 5.40. The molecule has 14 heavy (non-hydrogen) atoms. The minimum atomic E-state index is -0.429. The summed E-state index contributed by atoms with van der Waals surface area (Å²) in [5, 5.41) is 1.82. The topological polar surface area (TPSA) is 120 Å². The highest BCUT2D eigenvalue weighted by Gasteiger charge is 2.03. The van der Waals surface area contributed by atoms with Gasteiger partial charge in [0, 0.05) is 11.1 Å². The lowest BCUT2D eigenvalue weighted by Gasteiger charge is -1.90. The van der Waals surface area contributed by atoms with E-state index < -0.39 is 5.24 Å². The maximum atomic E-state index is 10.5. The monoisotopic (exact) mass is 231 g/mol. The van der Waals surface area contributed by atoms with Gasteiger partial charge in [-0.15, -0.1) is 11.3 Å². The Kier molecular flexibility index (Phi) is 3.72. The average molecular weight is 231 g/mol. The van der Waals surface area contributed by atoms with Crippen LogP contribution in [0.2, 0.25) is 0 Å². The molecule has 1 rings (SSSR count). The summed E-state index contributed by atoms with van der Waals surface area (Å²) < 4.78 is 0. The Bertz CT molecular complexity index is 357. The fraction of sp³-hybridized carbons (Fsp3) is 0.167. The van der Waals surface area contributed by atoms with Crippen LogP contribution < -0.4 is 17.2 Å². The second-order valence-electron chi connectivity index (χ2n) is 2.27. The molecule has 6 N–H and O–H groups in total. The van der Waals surface area contributed by atoms with Crippen molar-refractivity contribution in [1.29, 1.82) is 0 Å². The van der Waals surface area contributed by atoms with Gasteiger partial charge in [0.2, 0.25) is 5.13 Å². The van der Waals surface area contributed by atoms with Crippen LogP contribution >= 0.6 is 23.1 Å². The van der Waals surface area contributed by atoms with Crippen molar-refractivity contribution >= 4 is 39.4 Å². The number of hydrogen-bond donors (Lipinski definition) is 3. The van der Waals surface area contributed by atoms with Crippen LogP contribution in [0.25, 0.3) is 0 Å². The Morgan fingerprint density at radius 1 is 1.57 bits per heavy atom. The molecule has 1 aromatic heterocycles. The third-order valence-corrected chi connectivity index (χ3v) is 2.63. The molecule has 1 heterocycles. The summed E-state index contributed by atoms with van der Waals surface area (Å²) in [6.07, 6.45) is 0. The van der Waals surface area contributed by atoms with Crippen LogP contribution in [-0.2, 0) is 5.75 Å². The van der Waals surface area contributed by atoms with Crippen molar-refractivity contribution < 1.29 is 4.79 Å². The van der Waals surface area contributed by atoms with Crippen molar-refractivity contribution in [3.05, 3.63) is 11.1 Å². The molecule has 8 heteroatoms. The van der Waals surface area contributed by atoms with Crippen molar-refractivity contribution in [2.45, 2.75) is 5.75 Å². The molecule has 0 aliphatic rings. The molecule has 0 saturated carbocycles. The normalized spacial score (nSPS) is 9.71. The molecule has 0 atom stereocenters. The van der Waals surface area contributed by atoms with Gasteiger partial charge in [-0.05, 0) is 0 Å². The zero-order chi connectivity index (χ0) is 10.6. The second kappa shape index (κ2) is 4.82. The molecular formula is C6H9N5OS2. The molecule has 1 aromatic rings. The number of thiazole rings is 1. The number of amides is 1. The SMILES string of the molecule is NC(=O)SCc1csc(N=C(N)N)n1. The summed E-state index contributed by atoms with van der Waals surface area (Å²) in [4.78, 5) is 18.3. The standard InChI is InChI=1S/C6H9N5OS2/c7-4(8)11-6-10-3(2-14-6)1-13-5(9)12/h2H,1H2,(H2,9,12)(H4,7,8,10,11). The van der Waals surface area contributed by atoms with E-state index in [2.05, 4.69) is 9.98 Å². The highest BCUT2D eigenvalue weighted by Crippen LogP contribution is 2.21. The molecule has 0 spiro atoms. The Morgan fingerprint density at radius 2 is 2.29 bits per heavy atom. The van der Waals surface area contributed by atoms with Gasteiger partial charge in [0.15, 0.2) is 5.96 Å². The summed E-state index contributed by atoms with van der Waals surface area (Å²) in [5.74, 6) is 0.403. The zero-order valence-electron chi connectivity index (χ0n) is 7.14. The van der Waals surface area contributed by atoms with Crippen LogP contribution in [0.1, 0.15) is 5.69 Å². The van der Waals surface area contributed by atoms with Crippen LogP contribution in [0.4, 0.5) is 9.93 Å². The minimum Gasteiger partial charge on any atom is -0.370 e. The molecule has 0 aliphatic heterocycles. The molecule has 6 nitrogen and oxygen atoms in total. The van der Waals surface area contributed by atoms with Gasteiger partial charge in [-0.3, -0.25) is 4.79 Å². The maximum Gasteiger partial charge on any atom is 0.276 e. The van der Waals surface area contributed by atoms with Crippen LogP contribution in [0, 0.1) is 0 Å². The van der Waals surface area contributed by atoms with E-state index in [4.69, 9.17) is 17.2 Å². The Labute approximate surface area is 88.6 Å². The van der Waals surface area contributed by atoms with E-state index in [1.165, 1.54) is 11.3 Å². The van der Waals surface area contributed by atoms with Crippen molar-refractivity contribution in [2.24, 2.45) is 22.2 Å². The van der Waals surface area contributed by atoms with Crippen molar-refractivity contribution in [2.75, 3.05) is 0 Å². The number of carbonyl (C=O) groups is 1. The van der Waals surface area contributed by atoms with E-state index in [1.807, 2.05) is 0 Å². The van der Waals surface area contributed by atoms with Gasteiger partial charge < -0.3 is 17.2 Å². The van der Waals surface area contributed by atoms with Gasteiger partial charge in [-0.25, -0.2) is 4.98 Å². The lowest BCUT2D eigenvalue weighted by atomic mass is 10.6. The highest BCUT2D eigenvalue weighted by atomic mass is 32.2. The fourth-order valence-corrected chi connectivity index (χ4v) is 1.92. The van der Waals surface area contributed by atoms with Gasteiger partial charge in [0.1, 0.15) is 0 Å². The number of primary amides is 1. The number of aliphatic imine (C=N–C) groups is 1. The van der Waals surface area contributed by atoms with Crippen molar-refractivity contribution in [3.63, 3.8) is 0 Å². The van der Waals surface area contributed by atoms with E-state index in [-0.39, 0.29) is 5.96 Å². The molecule has 0 aromatic carbocycles. The van der Waals surface area contributed by atoms with E-state index >= 15 is 0 Å². The minimum absolute atomic E-state index is 0.0338. The Hall–Kier alpha value is -1.28. The number of nitrogens with zero attached hydrogens (tertiary/aromatic N) is 2. The molecule has 0 aliphatic carbocycles. The average Bonchev–Trinajstić information content (AvgIpc) is 2.47. The summed E-state index contributed by atoms with van der Waals surface area (Å²) in [6.45, 7) is 0. The number of hydrogen-bond acceptors (Lipinski definition) is 5. The number of nitrogens with two attached hydrogens (primary N) is 3. The van der Waals surface area contributed by atoms with E-state index in [0.717, 1.165) is 17.5 Å². The van der Waals surface area contributed by atoms with Crippen LogP contribution in [0.15, 0.2) is 10.4 Å².